The minimum absolute atomic E-state index is 0.0181. The molecule has 0 saturated carbocycles. The van der Waals surface area contributed by atoms with E-state index in [2.05, 4.69) is 0 Å². The van der Waals surface area contributed by atoms with Crippen molar-refractivity contribution in [3.05, 3.63) is 59.7 Å². The van der Waals surface area contributed by atoms with Crippen molar-refractivity contribution >= 4 is 0 Å². The van der Waals surface area contributed by atoms with E-state index in [1.165, 1.54) is 0 Å². The lowest BCUT2D eigenvalue weighted by molar-refractivity contribution is 0.305. The molecule has 0 heterocycles. The molecule has 0 aliphatic carbocycles. The Balaban J connectivity index is 1.99. The average molecular weight is 257 g/mol. The van der Waals surface area contributed by atoms with Gasteiger partial charge in [0.1, 0.15) is 18.1 Å². The highest BCUT2D eigenvalue weighted by Crippen LogP contribution is 2.19. The molecule has 0 spiro atoms. The normalized spacial score (nSPS) is 11.9. The summed E-state index contributed by atoms with van der Waals surface area (Å²) >= 11 is 0. The molecule has 19 heavy (non-hydrogen) atoms. The Morgan fingerprint density at radius 3 is 2.42 bits per heavy atom. The van der Waals surface area contributed by atoms with Crippen LogP contribution >= 0.6 is 0 Å². The molecule has 2 aromatic carbocycles. The monoisotopic (exact) mass is 257 g/mol. The predicted molar refractivity (Wildman–Crippen MR) is 76.4 cm³/mol. The van der Waals surface area contributed by atoms with Gasteiger partial charge in [-0.2, -0.15) is 0 Å². The van der Waals surface area contributed by atoms with Gasteiger partial charge in [0, 0.05) is 6.04 Å². The van der Waals surface area contributed by atoms with E-state index in [4.69, 9.17) is 15.2 Å². The fourth-order valence-electron chi connectivity index (χ4n) is 1.78. The van der Waals surface area contributed by atoms with Gasteiger partial charge in [-0.15, -0.1) is 0 Å². The first kappa shape index (κ1) is 13.4. The second kappa shape index (κ2) is 6.25. The fourth-order valence-corrected chi connectivity index (χ4v) is 1.78. The van der Waals surface area contributed by atoms with Crippen LogP contribution in [0.15, 0.2) is 48.5 Å². The van der Waals surface area contributed by atoms with Crippen LogP contribution in [-0.2, 0) is 6.61 Å². The van der Waals surface area contributed by atoms with Gasteiger partial charge < -0.3 is 15.2 Å². The third-order valence-corrected chi connectivity index (χ3v) is 2.95. The molecule has 2 N–H and O–H groups in total. The Bertz CT molecular complexity index is 521. The molecule has 0 saturated heterocycles. The Kier molecular flexibility index (Phi) is 4.42. The van der Waals surface area contributed by atoms with E-state index < -0.39 is 0 Å². The minimum Gasteiger partial charge on any atom is -0.497 e. The van der Waals surface area contributed by atoms with E-state index in [0.29, 0.717) is 6.61 Å². The number of benzene rings is 2. The molecule has 100 valence electrons. The molecule has 2 aromatic rings. The Morgan fingerprint density at radius 1 is 1.05 bits per heavy atom. The summed E-state index contributed by atoms with van der Waals surface area (Å²) in [6.07, 6.45) is 0. The van der Waals surface area contributed by atoms with Gasteiger partial charge in [-0.3, -0.25) is 0 Å². The van der Waals surface area contributed by atoms with Crippen LogP contribution in [0.2, 0.25) is 0 Å². The van der Waals surface area contributed by atoms with E-state index in [9.17, 15) is 0 Å². The predicted octanol–water partition coefficient (Wildman–Crippen LogP) is 3.29. The topological polar surface area (TPSA) is 44.5 Å². The Labute approximate surface area is 114 Å². The first-order valence-corrected chi connectivity index (χ1v) is 6.30. The summed E-state index contributed by atoms with van der Waals surface area (Å²) in [5.41, 5.74) is 8.03. The SMILES string of the molecule is COc1ccc(COc2cccc(C(C)N)c2)cc1. The van der Waals surface area contributed by atoms with Crippen molar-refractivity contribution in [1.29, 1.82) is 0 Å². The number of hydrogen-bond donors (Lipinski definition) is 1. The summed E-state index contributed by atoms with van der Waals surface area (Å²) in [5, 5.41) is 0. The molecule has 0 aromatic heterocycles. The van der Waals surface area contributed by atoms with Gasteiger partial charge in [-0.25, -0.2) is 0 Å². The van der Waals surface area contributed by atoms with Crippen LogP contribution < -0.4 is 15.2 Å². The molecule has 0 amide bonds. The summed E-state index contributed by atoms with van der Waals surface area (Å²) in [6, 6.07) is 15.7. The average Bonchev–Trinajstić information content (AvgIpc) is 2.46. The lowest BCUT2D eigenvalue weighted by Crippen LogP contribution is -2.05. The van der Waals surface area contributed by atoms with Gasteiger partial charge in [0.2, 0.25) is 0 Å². The zero-order valence-electron chi connectivity index (χ0n) is 11.3. The zero-order valence-corrected chi connectivity index (χ0v) is 11.3. The van der Waals surface area contributed by atoms with Crippen LogP contribution in [0.25, 0.3) is 0 Å². The summed E-state index contributed by atoms with van der Waals surface area (Å²) in [6.45, 7) is 2.50. The van der Waals surface area contributed by atoms with Gasteiger partial charge in [-0.1, -0.05) is 24.3 Å². The van der Waals surface area contributed by atoms with Crippen molar-refractivity contribution in [2.45, 2.75) is 19.6 Å². The number of nitrogens with two attached hydrogens (primary N) is 1. The molecular weight excluding hydrogens is 238 g/mol. The van der Waals surface area contributed by atoms with Crippen LogP contribution in [0.5, 0.6) is 11.5 Å². The van der Waals surface area contributed by atoms with E-state index in [0.717, 1.165) is 22.6 Å². The standard InChI is InChI=1S/C16H19NO2/c1-12(17)14-4-3-5-16(10-14)19-11-13-6-8-15(18-2)9-7-13/h3-10,12H,11,17H2,1-2H3. The lowest BCUT2D eigenvalue weighted by atomic mass is 10.1. The third kappa shape index (κ3) is 3.73. The van der Waals surface area contributed by atoms with Crippen molar-refractivity contribution in [1.82, 2.24) is 0 Å². The van der Waals surface area contributed by atoms with Crippen molar-refractivity contribution in [3.8, 4) is 11.5 Å². The smallest absolute Gasteiger partial charge is 0.120 e. The maximum atomic E-state index is 5.85. The van der Waals surface area contributed by atoms with Gasteiger partial charge >= 0.3 is 0 Å². The van der Waals surface area contributed by atoms with Gasteiger partial charge in [-0.05, 0) is 42.3 Å². The highest BCUT2D eigenvalue weighted by atomic mass is 16.5. The Hall–Kier alpha value is -2.00. The molecule has 3 heteroatoms. The van der Waals surface area contributed by atoms with Crippen LogP contribution in [0.1, 0.15) is 24.1 Å². The molecule has 0 radical (unpaired) electrons. The highest BCUT2D eigenvalue weighted by Gasteiger charge is 2.02. The molecular formula is C16H19NO2. The molecule has 2 rings (SSSR count). The van der Waals surface area contributed by atoms with Crippen molar-refractivity contribution in [2.24, 2.45) is 5.73 Å². The van der Waals surface area contributed by atoms with Crippen LogP contribution in [0, 0.1) is 0 Å². The summed E-state index contributed by atoms with van der Waals surface area (Å²) in [5.74, 6) is 1.69. The second-order valence-electron chi connectivity index (χ2n) is 4.50. The summed E-state index contributed by atoms with van der Waals surface area (Å²) in [7, 11) is 1.66. The Morgan fingerprint density at radius 2 is 1.79 bits per heavy atom. The first-order chi connectivity index (χ1) is 9.19. The maximum absolute atomic E-state index is 5.85. The molecule has 3 nitrogen and oxygen atoms in total. The summed E-state index contributed by atoms with van der Waals surface area (Å²) in [4.78, 5) is 0. The number of ether oxygens (including phenoxy) is 2. The van der Waals surface area contributed by atoms with Crippen molar-refractivity contribution in [2.75, 3.05) is 7.11 Å². The largest absolute Gasteiger partial charge is 0.497 e. The van der Waals surface area contributed by atoms with E-state index >= 15 is 0 Å². The number of hydrogen-bond acceptors (Lipinski definition) is 3. The summed E-state index contributed by atoms with van der Waals surface area (Å²) < 4.78 is 10.9. The molecule has 0 aliphatic heterocycles. The van der Waals surface area contributed by atoms with E-state index in [1.54, 1.807) is 7.11 Å². The van der Waals surface area contributed by atoms with E-state index in [-0.39, 0.29) is 6.04 Å². The zero-order chi connectivity index (χ0) is 13.7. The second-order valence-corrected chi connectivity index (χ2v) is 4.50. The van der Waals surface area contributed by atoms with Crippen LogP contribution in [0.4, 0.5) is 0 Å². The minimum atomic E-state index is 0.0181. The molecule has 1 atom stereocenters. The molecule has 0 aliphatic rings. The quantitative estimate of drug-likeness (QED) is 0.893. The van der Waals surface area contributed by atoms with Gasteiger partial charge in [0.05, 0.1) is 7.11 Å². The van der Waals surface area contributed by atoms with Crippen LogP contribution in [-0.4, -0.2) is 7.11 Å². The van der Waals surface area contributed by atoms with E-state index in [1.807, 2.05) is 55.5 Å². The third-order valence-electron chi connectivity index (χ3n) is 2.95. The molecule has 0 fully saturated rings. The highest BCUT2D eigenvalue weighted by molar-refractivity contribution is 5.31. The lowest BCUT2D eigenvalue weighted by Gasteiger charge is -2.10. The molecule has 0 bridgehead atoms. The number of methoxy groups -OCH3 is 1. The number of rotatable bonds is 5. The van der Waals surface area contributed by atoms with Crippen LogP contribution in [0.3, 0.4) is 0 Å². The first-order valence-electron chi connectivity index (χ1n) is 6.30. The maximum Gasteiger partial charge on any atom is 0.120 e. The van der Waals surface area contributed by atoms with Crippen molar-refractivity contribution in [3.63, 3.8) is 0 Å². The van der Waals surface area contributed by atoms with Gasteiger partial charge in [0.25, 0.3) is 0 Å². The molecule has 1 unspecified atom stereocenters. The fraction of sp³-hybridized carbons (Fsp3) is 0.250. The van der Waals surface area contributed by atoms with Crippen molar-refractivity contribution < 1.29 is 9.47 Å². The van der Waals surface area contributed by atoms with Gasteiger partial charge in [0.15, 0.2) is 0 Å².